The van der Waals surface area contributed by atoms with Gasteiger partial charge in [0, 0.05) is 25.9 Å². The van der Waals surface area contributed by atoms with Crippen molar-refractivity contribution >= 4 is 5.78 Å². The maximum absolute atomic E-state index is 12.4. The van der Waals surface area contributed by atoms with Crippen LogP contribution in [0.2, 0.25) is 0 Å². The molecular formula is C22H28O6. The number of benzene rings is 1. The van der Waals surface area contributed by atoms with E-state index < -0.39 is 5.79 Å². The Morgan fingerprint density at radius 1 is 1.07 bits per heavy atom. The predicted octanol–water partition coefficient (Wildman–Crippen LogP) is 3.86. The highest BCUT2D eigenvalue weighted by atomic mass is 16.8. The molecule has 1 unspecified atom stereocenters. The molecule has 0 bridgehead atoms. The minimum absolute atomic E-state index is 0.0432. The van der Waals surface area contributed by atoms with Gasteiger partial charge in [-0.25, -0.2) is 0 Å². The third-order valence-corrected chi connectivity index (χ3v) is 4.40. The SMILES string of the molecule is CCC1=CC(/C=C/C(=O)c2ccccc2)C(OC)=CC1(OCOC)OCOC. The topological polar surface area (TPSA) is 63.2 Å². The summed E-state index contributed by atoms with van der Waals surface area (Å²) in [6.07, 6.45) is 7.81. The van der Waals surface area contributed by atoms with E-state index in [4.69, 9.17) is 23.7 Å². The van der Waals surface area contributed by atoms with Gasteiger partial charge in [0.1, 0.15) is 5.76 Å². The number of ether oxygens (including phenoxy) is 5. The van der Waals surface area contributed by atoms with Crippen molar-refractivity contribution in [3.05, 3.63) is 71.5 Å². The number of hydrogen-bond acceptors (Lipinski definition) is 6. The summed E-state index contributed by atoms with van der Waals surface area (Å²) in [6.45, 7) is 2.09. The number of ketones is 1. The van der Waals surface area contributed by atoms with Gasteiger partial charge in [0.15, 0.2) is 19.4 Å². The Bertz CT molecular complexity index is 712. The fourth-order valence-electron chi connectivity index (χ4n) is 2.99. The van der Waals surface area contributed by atoms with Crippen molar-refractivity contribution in [3.63, 3.8) is 0 Å². The van der Waals surface area contributed by atoms with Gasteiger partial charge in [-0.05, 0) is 18.1 Å². The molecule has 1 aromatic rings. The molecular weight excluding hydrogens is 360 g/mol. The third-order valence-electron chi connectivity index (χ3n) is 4.40. The van der Waals surface area contributed by atoms with E-state index in [9.17, 15) is 4.79 Å². The maximum Gasteiger partial charge on any atom is 0.219 e. The van der Waals surface area contributed by atoms with E-state index in [-0.39, 0.29) is 25.3 Å². The van der Waals surface area contributed by atoms with Crippen LogP contribution in [-0.4, -0.2) is 46.5 Å². The first-order valence-corrected chi connectivity index (χ1v) is 9.11. The second kappa shape index (κ2) is 10.9. The quantitative estimate of drug-likeness (QED) is 0.248. The van der Waals surface area contributed by atoms with Gasteiger partial charge >= 0.3 is 0 Å². The molecule has 1 aliphatic rings. The van der Waals surface area contributed by atoms with Crippen molar-refractivity contribution in [2.75, 3.05) is 34.9 Å². The van der Waals surface area contributed by atoms with Crippen molar-refractivity contribution in [2.24, 2.45) is 5.92 Å². The van der Waals surface area contributed by atoms with Crippen molar-refractivity contribution in [2.45, 2.75) is 19.1 Å². The monoisotopic (exact) mass is 388 g/mol. The summed E-state index contributed by atoms with van der Waals surface area (Å²) in [5, 5.41) is 0. The molecule has 0 spiro atoms. The molecule has 0 radical (unpaired) electrons. The second-order valence-corrected chi connectivity index (χ2v) is 6.18. The number of allylic oxidation sites excluding steroid dienone is 2. The molecule has 152 valence electrons. The minimum atomic E-state index is -1.14. The Labute approximate surface area is 166 Å². The van der Waals surface area contributed by atoms with Gasteiger partial charge in [-0.3, -0.25) is 4.79 Å². The first kappa shape index (κ1) is 22.0. The predicted molar refractivity (Wildman–Crippen MR) is 106 cm³/mol. The number of carbonyl (C=O) groups excluding carboxylic acids is 1. The van der Waals surface area contributed by atoms with Gasteiger partial charge in [-0.1, -0.05) is 49.4 Å². The van der Waals surface area contributed by atoms with Crippen LogP contribution in [0, 0.1) is 5.92 Å². The minimum Gasteiger partial charge on any atom is -0.500 e. The van der Waals surface area contributed by atoms with Crippen LogP contribution in [0.1, 0.15) is 23.7 Å². The molecule has 1 aromatic carbocycles. The second-order valence-electron chi connectivity index (χ2n) is 6.18. The summed E-state index contributed by atoms with van der Waals surface area (Å²) in [5.41, 5.74) is 1.53. The van der Waals surface area contributed by atoms with Crippen molar-refractivity contribution < 1.29 is 28.5 Å². The lowest BCUT2D eigenvalue weighted by molar-refractivity contribution is -0.251. The molecule has 6 nitrogen and oxygen atoms in total. The highest BCUT2D eigenvalue weighted by Gasteiger charge is 2.39. The summed E-state index contributed by atoms with van der Waals surface area (Å²) in [5.74, 6) is -0.801. The van der Waals surface area contributed by atoms with Crippen LogP contribution in [0.3, 0.4) is 0 Å². The van der Waals surface area contributed by atoms with E-state index >= 15 is 0 Å². The summed E-state index contributed by atoms with van der Waals surface area (Å²) < 4.78 is 27.4. The molecule has 1 aliphatic carbocycles. The van der Waals surface area contributed by atoms with E-state index in [0.29, 0.717) is 17.7 Å². The first-order valence-electron chi connectivity index (χ1n) is 9.11. The molecule has 0 heterocycles. The number of rotatable bonds is 11. The van der Waals surface area contributed by atoms with Crippen molar-refractivity contribution in [1.29, 1.82) is 0 Å². The van der Waals surface area contributed by atoms with Crippen LogP contribution in [-0.2, 0) is 23.7 Å². The molecule has 0 aromatic heterocycles. The Balaban J connectivity index is 2.30. The number of methoxy groups -OCH3 is 3. The maximum atomic E-state index is 12.4. The summed E-state index contributed by atoms with van der Waals surface area (Å²) in [6, 6.07) is 9.13. The molecule has 0 aliphatic heterocycles. The third kappa shape index (κ3) is 5.39. The zero-order chi connectivity index (χ0) is 20.4. The van der Waals surface area contributed by atoms with E-state index in [1.807, 2.05) is 37.3 Å². The summed E-state index contributed by atoms with van der Waals surface area (Å²) >= 11 is 0. The average Bonchev–Trinajstić information content (AvgIpc) is 2.75. The molecule has 2 rings (SSSR count). The van der Waals surface area contributed by atoms with Gasteiger partial charge in [0.2, 0.25) is 5.79 Å². The Hall–Kier alpha value is -2.25. The zero-order valence-corrected chi connectivity index (χ0v) is 16.8. The molecule has 0 amide bonds. The lowest BCUT2D eigenvalue weighted by Crippen LogP contribution is -2.40. The average molecular weight is 388 g/mol. The Kier molecular flexibility index (Phi) is 8.60. The van der Waals surface area contributed by atoms with E-state index in [1.165, 1.54) is 0 Å². The molecule has 0 N–H and O–H groups in total. The number of carbonyl (C=O) groups is 1. The lowest BCUT2D eigenvalue weighted by Gasteiger charge is -2.37. The molecule has 28 heavy (non-hydrogen) atoms. The van der Waals surface area contributed by atoms with Crippen LogP contribution in [0.15, 0.2) is 66.0 Å². The van der Waals surface area contributed by atoms with Crippen LogP contribution in [0.25, 0.3) is 0 Å². The molecule has 0 fully saturated rings. The van der Waals surface area contributed by atoms with Gasteiger partial charge < -0.3 is 23.7 Å². The summed E-state index contributed by atoms with van der Waals surface area (Å²) in [7, 11) is 4.67. The van der Waals surface area contributed by atoms with Crippen LogP contribution < -0.4 is 0 Å². The largest absolute Gasteiger partial charge is 0.500 e. The van der Waals surface area contributed by atoms with E-state index in [0.717, 1.165) is 5.57 Å². The van der Waals surface area contributed by atoms with E-state index in [1.54, 1.807) is 45.6 Å². The van der Waals surface area contributed by atoms with Crippen LogP contribution in [0.5, 0.6) is 0 Å². The smallest absolute Gasteiger partial charge is 0.219 e. The molecule has 1 atom stereocenters. The van der Waals surface area contributed by atoms with Crippen molar-refractivity contribution in [1.82, 2.24) is 0 Å². The first-order chi connectivity index (χ1) is 13.6. The molecule has 0 saturated carbocycles. The Morgan fingerprint density at radius 2 is 1.71 bits per heavy atom. The lowest BCUT2D eigenvalue weighted by atomic mass is 9.88. The van der Waals surface area contributed by atoms with Gasteiger partial charge in [0.25, 0.3) is 0 Å². The summed E-state index contributed by atoms with van der Waals surface area (Å²) in [4.78, 5) is 12.4. The normalized spacial score (nSPS) is 18.6. The fraction of sp³-hybridized carbons (Fsp3) is 0.409. The standard InChI is InChI=1S/C22H28O6/c1-5-19-13-18(11-12-20(23)17-9-7-6-8-10-17)21(26-4)14-22(19,27-15-24-2)28-16-25-3/h6-14,18H,5,15-16H2,1-4H3/b12-11+. The Morgan fingerprint density at radius 3 is 2.25 bits per heavy atom. The van der Waals surface area contributed by atoms with Crippen molar-refractivity contribution in [3.8, 4) is 0 Å². The van der Waals surface area contributed by atoms with Gasteiger partial charge in [-0.2, -0.15) is 0 Å². The highest BCUT2D eigenvalue weighted by molar-refractivity contribution is 6.04. The van der Waals surface area contributed by atoms with Gasteiger partial charge in [0.05, 0.1) is 13.0 Å². The molecule has 0 saturated heterocycles. The van der Waals surface area contributed by atoms with Crippen LogP contribution in [0.4, 0.5) is 0 Å². The zero-order valence-electron chi connectivity index (χ0n) is 16.8. The number of hydrogen-bond donors (Lipinski definition) is 0. The molecule has 6 heteroatoms. The fourth-order valence-corrected chi connectivity index (χ4v) is 2.99. The van der Waals surface area contributed by atoms with Crippen LogP contribution >= 0.6 is 0 Å². The van der Waals surface area contributed by atoms with E-state index in [2.05, 4.69) is 0 Å². The van der Waals surface area contributed by atoms with Gasteiger partial charge in [-0.15, -0.1) is 0 Å². The highest BCUT2D eigenvalue weighted by Crippen LogP contribution is 2.37.